The zero-order valence-corrected chi connectivity index (χ0v) is 12.5. The van der Waals surface area contributed by atoms with Gasteiger partial charge in [-0.2, -0.15) is 0 Å². The molecule has 3 rings (SSSR count). The Kier molecular flexibility index (Phi) is 3.99. The number of rotatable bonds is 2. The average Bonchev–Trinajstić information content (AvgIpc) is 2.47. The monoisotopic (exact) mass is 307 g/mol. The van der Waals surface area contributed by atoms with E-state index in [4.69, 9.17) is 23.2 Å². The summed E-state index contributed by atoms with van der Waals surface area (Å²) < 4.78 is 0. The predicted octanol–water partition coefficient (Wildman–Crippen LogP) is 3.72. The molecular weight excluding hydrogens is 293 g/mol. The third kappa shape index (κ3) is 3.00. The van der Waals surface area contributed by atoms with Crippen molar-refractivity contribution in [2.24, 2.45) is 0 Å². The van der Waals surface area contributed by atoms with Gasteiger partial charge in [0.15, 0.2) is 0 Å². The predicted molar refractivity (Wildman–Crippen MR) is 85.1 cm³/mol. The van der Waals surface area contributed by atoms with Gasteiger partial charge in [0.2, 0.25) is 0 Å². The first-order valence-corrected chi connectivity index (χ1v) is 7.35. The van der Waals surface area contributed by atoms with Gasteiger partial charge in [-0.3, -0.25) is 0 Å². The van der Waals surface area contributed by atoms with E-state index in [2.05, 4.69) is 14.8 Å². The largest absolute Gasteiger partial charge is 0.368 e. The van der Waals surface area contributed by atoms with E-state index in [1.54, 1.807) is 6.07 Å². The van der Waals surface area contributed by atoms with Crippen molar-refractivity contribution in [3.05, 3.63) is 52.6 Å². The molecule has 0 amide bonds. The molecule has 104 valence electrons. The molecule has 0 atom stereocenters. The number of piperazine rings is 1. The smallest absolute Gasteiger partial charge is 0.128 e. The quantitative estimate of drug-likeness (QED) is 0.843. The zero-order valence-electron chi connectivity index (χ0n) is 11.0. The first-order chi connectivity index (χ1) is 9.72. The van der Waals surface area contributed by atoms with Crippen molar-refractivity contribution < 1.29 is 0 Å². The van der Waals surface area contributed by atoms with E-state index in [1.807, 2.05) is 36.5 Å². The number of nitrogens with zero attached hydrogens (tertiary/aromatic N) is 3. The molecular formula is C15H15Cl2N3. The SMILES string of the molecule is Clc1cc(Cl)cc(N2CCN(c3ccccn3)CC2)c1. The highest BCUT2D eigenvalue weighted by Gasteiger charge is 2.18. The van der Waals surface area contributed by atoms with E-state index in [1.165, 1.54) is 0 Å². The molecule has 0 saturated carbocycles. The van der Waals surface area contributed by atoms with Crippen LogP contribution in [0.4, 0.5) is 11.5 Å². The lowest BCUT2D eigenvalue weighted by Crippen LogP contribution is -2.46. The molecule has 1 aliphatic rings. The van der Waals surface area contributed by atoms with E-state index in [9.17, 15) is 0 Å². The molecule has 2 aromatic rings. The van der Waals surface area contributed by atoms with Crippen LogP contribution in [0.2, 0.25) is 10.0 Å². The molecule has 3 nitrogen and oxygen atoms in total. The van der Waals surface area contributed by atoms with E-state index in [0.717, 1.165) is 37.7 Å². The van der Waals surface area contributed by atoms with Crippen LogP contribution in [0.3, 0.4) is 0 Å². The minimum absolute atomic E-state index is 0.680. The van der Waals surface area contributed by atoms with Crippen LogP contribution in [0.15, 0.2) is 42.6 Å². The van der Waals surface area contributed by atoms with Crippen molar-refractivity contribution >= 4 is 34.7 Å². The van der Waals surface area contributed by atoms with Gasteiger partial charge in [0.05, 0.1) is 0 Å². The summed E-state index contributed by atoms with van der Waals surface area (Å²) in [5, 5.41) is 1.36. The minimum atomic E-state index is 0.680. The molecule has 1 aliphatic heterocycles. The van der Waals surface area contributed by atoms with E-state index < -0.39 is 0 Å². The van der Waals surface area contributed by atoms with Gasteiger partial charge < -0.3 is 9.80 Å². The summed E-state index contributed by atoms with van der Waals surface area (Å²) in [6, 6.07) is 11.7. The number of hydrogen-bond donors (Lipinski definition) is 0. The molecule has 0 N–H and O–H groups in total. The number of benzene rings is 1. The second-order valence-electron chi connectivity index (χ2n) is 4.79. The van der Waals surface area contributed by atoms with Crippen LogP contribution in [0.25, 0.3) is 0 Å². The number of hydrogen-bond acceptors (Lipinski definition) is 3. The highest BCUT2D eigenvalue weighted by molar-refractivity contribution is 6.35. The summed E-state index contributed by atoms with van der Waals surface area (Å²) >= 11 is 12.1. The van der Waals surface area contributed by atoms with Crippen molar-refractivity contribution in [3.8, 4) is 0 Å². The van der Waals surface area contributed by atoms with Gasteiger partial charge in [-0.05, 0) is 30.3 Å². The van der Waals surface area contributed by atoms with Gasteiger partial charge >= 0.3 is 0 Å². The maximum absolute atomic E-state index is 6.06. The third-order valence-electron chi connectivity index (χ3n) is 3.47. The minimum Gasteiger partial charge on any atom is -0.368 e. The standard InChI is InChI=1S/C15H15Cl2N3/c16-12-9-13(17)11-14(10-12)19-5-7-20(8-6-19)15-3-1-2-4-18-15/h1-4,9-11H,5-8H2. The van der Waals surface area contributed by atoms with Crippen LogP contribution in [0.1, 0.15) is 0 Å². The van der Waals surface area contributed by atoms with Gasteiger partial charge in [0, 0.05) is 48.1 Å². The molecule has 5 heteroatoms. The second kappa shape index (κ2) is 5.90. The number of aromatic nitrogens is 1. The maximum Gasteiger partial charge on any atom is 0.128 e. The highest BCUT2D eigenvalue weighted by Crippen LogP contribution is 2.26. The van der Waals surface area contributed by atoms with Crippen LogP contribution >= 0.6 is 23.2 Å². The van der Waals surface area contributed by atoms with Gasteiger partial charge in [0.25, 0.3) is 0 Å². The fraction of sp³-hybridized carbons (Fsp3) is 0.267. The molecule has 0 bridgehead atoms. The Morgan fingerprint density at radius 1 is 0.850 bits per heavy atom. The molecule has 1 fully saturated rings. The Hall–Kier alpha value is -1.45. The fourth-order valence-corrected chi connectivity index (χ4v) is 2.97. The third-order valence-corrected chi connectivity index (χ3v) is 3.90. The normalized spacial score (nSPS) is 15.5. The van der Waals surface area contributed by atoms with Gasteiger partial charge in [-0.1, -0.05) is 29.3 Å². The molecule has 0 unspecified atom stereocenters. The summed E-state index contributed by atoms with van der Waals surface area (Å²) in [7, 11) is 0. The van der Waals surface area contributed by atoms with Gasteiger partial charge in [-0.25, -0.2) is 4.98 Å². The second-order valence-corrected chi connectivity index (χ2v) is 5.66. The zero-order chi connectivity index (χ0) is 13.9. The summed E-state index contributed by atoms with van der Waals surface area (Å²) in [6.45, 7) is 3.77. The van der Waals surface area contributed by atoms with Crippen LogP contribution in [-0.4, -0.2) is 31.2 Å². The Balaban J connectivity index is 1.69. The Morgan fingerprint density at radius 3 is 2.10 bits per heavy atom. The molecule has 1 saturated heterocycles. The van der Waals surface area contributed by atoms with E-state index in [-0.39, 0.29) is 0 Å². The summed E-state index contributed by atoms with van der Waals surface area (Å²) in [5.74, 6) is 1.04. The lowest BCUT2D eigenvalue weighted by molar-refractivity contribution is 0.647. The molecule has 0 radical (unpaired) electrons. The first kappa shape index (κ1) is 13.5. The van der Waals surface area contributed by atoms with Crippen molar-refractivity contribution in [1.29, 1.82) is 0 Å². The van der Waals surface area contributed by atoms with Gasteiger partial charge in [-0.15, -0.1) is 0 Å². The summed E-state index contributed by atoms with van der Waals surface area (Å²) in [6.07, 6.45) is 1.83. The average molecular weight is 308 g/mol. The van der Waals surface area contributed by atoms with E-state index >= 15 is 0 Å². The highest BCUT2D eigenvalue weighted by atomic mass is 35.5. The molecule has 0 spiro atoms. The van der Waals surface area contributed by atoms with Gasteiger partial charge in [0.1, 0.15) is 5.82 Å². The molecule has 2 heterocycles. The van der Waals surface area contributed by atoms with E-state index in [0.29, 0.717) is 10.0 Å². The number of halogens is 2. The Bertz CT molecular complexity index is 561. The molecule has 1 aromatic heterocycles. The van der Waals surface area contributed by atoms with Crippen LogP contribution in [-0.2, 0) is 0 Å². The Morgan fingerprint density at radius 2 is 1.50 bits per heavy atom. The molecule has 1 aromatic carbocycles. The van der Waals surface area contributed by atoms with Crippen molar-refractivity contribution in [2.75, 3.05) is 36.0 Å². The number of anilines is 2. The molecule has 0 aliphatic carbocycles. The summed E-state index contributed by atoms with van der Waals surface area (Å²) in [4.78, 5) is 8.99. The fourth-order valence-electron chi connectivity index (χ4n) is 2.46. The molecule has 20 heavy (non-hydrogen) atoms. The summed E-state index contributed by atoms with van der Waals surface area (Å²) in [5.41, 5.74) is 1.09. The van der Waals surface area contributed by atoms with Crippen molar-refractivity contribution in [3.63, 3.8) is 0 Å². The topological polar surface area (TPSA) is 19.4 Å². The lowest BCUT2D eigenvalue weighted by atomic mass is 10.2. The Labute approximate surface area is 128 Å². The lowest BCUT2D eigenvalue weighted by Gasteiger charge is -2.36. The number of pyridine rings is 1. The van der Waals surface area contributed by atoms with Crippen LogP contribution in [0, 0.1) is 0 Å². The maximum atomic E-state index is 6.06. The van der Waals surface area contributed by atoms with Crippen molar-refractivity contribution in [1.82, 2.24) is 4.98 Å². The van der Waals surface area contributed by atoms with Crippen LogP contribution in [0.5, 0.6) is 0 Å². The first-order valence-electron chi connectivity index (χ1n) is 6.59. The van der Waals surface area contributed by atoms with Crippen LogP contribution < -0.4 is 9.80 Å². The van der Waals surface area contributed by atoms with Crippen molar-refractivity contribution in [2.45, 2.75) is 0 Å².